The first-order chi connectivity index (χ1) is 21.8. The lowest BCUT2D eigenvalue weighted by molar-refractivity contribution is 1.25. The minimum absolute atomic E-state index is 0.865. The van der Waals surface area contributed by atoms with Crippen LogP contribution in [0.3, 0.4) is 0 Å². The highest BCUT2D eigenvalue weighted by molar-refractivity contribution is 6.22. The second kappa shape index (κ2) is 11.1. The van der Waals surface area contributed by atoms with Crippen molar-refractivity contribution in [1.29, 1.82) is 0 Å². The van der Waals surface area contributed by atoms with Crippen molar-refractivity contribution >= 4 is 21.5 Å². The molecule has 0 atom stereocenters. The molecular formula is C42H28N2. The zero-order chi connectivity index (χ0) is 29.3. The molecule has 0 aliphatic rings. The van der Waals surface area contributed by atoms with Crippen LogP contribution < -0.4 is 0 Å². The highest BCUT2D eigenvalue weighted by Gasteiger charge is 2.18. The molecule has 44 heavy (non-hydrogen) atoms. The predicted octanol–water partition coefficient (Wildman–Crippen LogP) is 11.1. The summed E-state index contributed by atoms with van der Waals surface area (Å²) in [7, 11) is 0. The Morgan fingerprint density at radius 3 is 1.43 bits per heavy atom. The van der Waals surface area contributed by atoms with E-state index in [9.17, 15) is 0 Å². The Kier molecular flexibility index (Phi) is 6.51. The summed E-state index contributed by atoms with van der Waals surface area (Å²) in [5.41, 5.74) is 11.3. The van der Waals surface area contributed by atoms with Crippen LogP contribution in [-0.2, 0) is 0 Å². The number of benzene rings is 6. The van der Waals surface area contributed by atoms with Gasteiger partial charge in [0.1, 0.15) is 0 Å². The minimum Gasteiger partial charge on any atom is -0.255 e. The fourth-order valence-electron chi connectivity index (χ4n) is 6.28. The molecule has 0 unspecified atom stereocenters. The Labute approximate surface area is 257 Å². The van der Waals surface area contributed by atoms with E-state index in [1.807, 2.05) is 24.4 Å². The molecule has 206 valence electrons. The van der Waals surface area contributed by atoms with E-state index in [2.05, 4.69) is 145 Å². The fraction of sp³-hybridized carbons (Fsp3) is 0. The van der Waals surface area contributed by atoms with Crippen molar-refractivity contribution in [3.05, 3.63) is 170 Å². The first-order valence-electron chi connectivity index (χ1n) is 14.9. The second-order valence-electron chi connectivity index (χ2n) is 11.0. The molecule has 2 aromatic heterocycles. The van der Waals surface area contributed by atoms with E-state index in [0.29, 0.717) is 0 Å². The highest BCUT2D eigenvalue weighted by atomic mass is 14.8. The summed E-state index contributed by atoms with van der Waals surface area (Å²) in [4.78, 5) is 9.36. The van der Waals surface area contributed by atoms with Crippen molar-refractivity contribution < 1.29 is 0 Å². The number of rotatable bonds is 5. The van der Waals surface area contributed by atoms with E-state index < -0.39 is 0 Å². The maximum atomic E-state index is 4.86. The van der Waals surface area contributed by atoms with Gasteiger partial charge >= 0.3 is 0 Å². The van der Waals surface area contributed by atoms with E-state index in [4.69, 9.17) is 4.98 Å². The van der Waals surface area contributed by atoms with Gasteiger partial charge in [-0.2, -0.15) is 0 Å². The zero-order valence-corrected chi connectivity index (χ0v) is 24.1. The van der Waals surface area contributed by atoms with Crippen molar-refractivity contribution in [2.45, 2.75) is 0 Å². The summed E-state index contributed by atoms with van der Waals surface area (Å²) in [6, 6.07) is 56.0. The Hall–Kier alpha value is -5.86. The summed E-state index contributed by atoms with van der Waals surface area (Å²) in [6.07, 6.45) is 3.80. The molecule has 0 amide bonds. The van der Waals surface area contributed by atoms with Gasteiger partial charge in [-0.05, 0) is 84.8 Å². The number of aromatic nitrogens is 2. The lowest BCUT2D eigenvalue weighted by Crippen LogP contribution is -1.93. The molecule has 0 N–H and O–H groups in total. The molecule has 0 bridgehead atoms. The van der Waals surface area contributed by atoms with Gasteiger partial charge in [0.2, 0.25) is 0 Å². The van der Waals surface area contributed by atoms with Crippen LogP contribution in [0.2, 0.25) is 0 Å². The zero-order valence-electron chi connectivity index (χ0n) is 24.1. The summed E-state index contributed by atoms with van der Waals surface area (Å²) in [5, 5.41) is 4.86. The smallest absolute Gasteiger partial charge is 0.0886 e. The normalized spacial score (nSPS) is 11.2. The molecule has 6 aromatic carbocycles. The van der Waals surface area contributed by atoms with Gasteiger partial charge in [-0.15, -0.1) is 0 Å². The number of hydrogen-bond donors (Lipinski definition) is 0. The van der Waals surface area contributed by atoms with Crippen LogP contribution in [-0.4, -0.2) is 9.97 Å². The van der Waals surface area contributed by atoms with Crippen molar-refractivity contribution in [2.75, 3.05) is 0 Å². The van der Waals surface area contributed by atoms with E-state index in [1.54, 1.807) is 6.20 Å². The molecule has 8 aromatic rings. The molecule has 8 rings (SSSR count). The molecule has 0 aliphatic carbocycles. The Morgan fingerprint density at radius 2 is 0.795 bits per heavy atom. The molecule has 2 heteroatoms. The summed E-state index contributed by atoms with van der Waals surface area (Å²) < 4.78 is 0. The van der Waals surface area contributed by atoms with Crippen molar-refractivity contribution in [3.63, 3.8) is 0 Å². The number of pyridine rings is 2. The van der Waals surface area contributed by atoms with Gasteiger partial charge < -0.3 is 0 Å². The summed E-state index contributed by atoms with van der Waals surface area (Å²) in [5.74, 6) is 0. The molecule has 0 spiro atoms. The van der Waals surface area contributed by atoms with Crippen molar-refractivity contribution in [1.82, 2.24) is 9.97 Å². The first kappa shape index (κ1) is 25.8. The molecule has 0 saturated heterocycles. The molecule has 0 fully saturated rings. The topological polar surface area (TPSA) is 25.8 Å². The Bertz CT molecular complexity index is 2220. The molecule has 2 nitrogen and oxygen atoms in total. The van der Waals surface area contributed by atoms with Gasteiger partial charge in [-0.3, -0.25) is 9.97 Å². The quantitative estimate of drug-likeness (QED) is 0.196. The second-order valence-corrected chi connectivity index (χ2v) is 11.0. The lowest BCUT2D eigenvalue weighted by atomic mass is 9.85. The van der Waals surface area contributed by atoms with Crippen LogP contribution >= 0.6 is 0 Å². The molecule has 0 aliphatic heterocycles. The van der Waals surface area contributed by atoms with Gasteiger partial charge in [0.15, 0.2) is 0 Å². The third-order valence-electron chi connectivity index (χ3n) is 8.39. The molecular weight excluding hydrogens is 532 g/mol. The van der Waals surface area contributed by atoms with Crippen LogP contribution in [0.5, 0.6) is 0 Å². The standard InChI is InChI=1S/C42H28N2/c1-3-11-29(12-4-1)31-18-20-32(21-19-31)41-35-15-7-8-16-36(35)42(34-23-25-40(44-28-34)39-17-9-10-26-43-39)37-24-22-33(27-38(37)41)30-13-5-2-6-14-30/h1-28H. The third kappa shape index (κ3) is 4.63. The van der Waals surface area contributed by atoms with E-state index in [-0.39, 0.29) is 0 Å². The van der Waals surface area contributed by atoms with E-state index >= 15 is 0 Å². The van der Waals surface area contributed by atoms with Crippen LogP contribution in [0, 0.1) is 0 Å². The third-order valence-corrected chi connectivity index (χ3v) is 8.39. The number of hydrogen-bond acceptors (Lipinski definition) is 2. The maximum absolute atomic E-state index is 4.86. The molecule has 0 radical (unpaired) electrons. The maximum Gasteiger partial charge on any atom is 0.0886 e. The Morgan fingerprint density at radius 1 is 0.295 bits per heavy atom. The molecule has 2 heterocycles. The van der Waals surface area contributed by atoms with Gasteiger partial charge in [-0.25, -0.2) is 0 Å². The van der Waals surface area contributed by atoms with Gasteiger partial charge in [0.25, 0.3) is 0 Å². The van der Waals surface area contributed by atoms with Gasteiger partial charge in [0.05, 0.1) is 11.4 Å². The number of fused-ring (bicyclic) bond motifs is 2. The van der Waals surface area contributed by atoms with Crippen LogP contribution in [0.15, 0.2) is 170 Å². The monoisotopic (exact) mass is 560 g/mol. The van der Waals surface area contributed by atoms with E-state index in [1.165, 1.54) is 60.5 Å². The van der Waals surface area contributed by atoms with Gasteiger partial charge in [0, 0.05) is 18.0 Å². The predicted molar refractivity (Wildman–Crippen MR) is 184 cm³/mol. The average Bonchev–Trinajstić information content (AvgIpc) is 3.12. The first-order valence-corrected chi connectivity index (χ1v) is 14.9. The number of nitrogens with zero attached hydrogens (tertiary/aromatic N) is 2. The molecule has 0 saturated carbocycles. The van der Waals surface area contributed by atoms with Crippen LogP contribution in [0.1, 0.15) is 0 Å². The van der Waals surface area contributed by atoms with E-state index in [0.717, 1.165) is 17.0 Å². The Balaban J connectivity index is 1.38. The fourth-order valence-corrected chi connectivity index (χ4v) is 6.28. The highest BCUT2D eigenvalue weighted by Crippen LogP contribution is 2.45. The SMILES string of the molecule is c1ccc(-c2ccc(-c3c4ccccc4c(-c4ccc(-c5ccccn5)nc4)c4ccc(-c5ccccc5)cc34)cc2)cc1. The average molecular weight is 561 g/mol. The largest absolute Gasteiger partial charge is 0.255 e. The van der Waals surface area contributed by atoms with Crippen LogP contribution in [0.4, 0.5) is 0 Å². The van der Waals surface area contributed by atoms with Crippen molar-refractivity contribution in [3.8, 4) is 55.9 Å². The van der Waals surface area contributed by atoms with Crippen LogP contribution in [0.25, 0.3) is 77.4 Å². The summed E-state index contributed by atoms with van der Waals surface area (Å²) >= 11 is 0. The minimum atomic E-state index is 0.865. The van der Waals surface area contributed by atoms with Gasteiger partial charge in [-0.1, -0.05) is 133 Å². The van der Waals surface area contributed by atoms with Crippen molar-refractivity contribution in [2.24, 2.45) is 0 Å². The summed E-state index contributed by atoms with van der Waals surface area (Å²) in [6.45, 7) is 0. The lowest BCUT2D eigenvalue weighted by Gasteiger charge is -2.19.